The lowest BCUT2D eigenvalue weighted by Crippen LogP contribution is -2.34. The van der Waals surface area contributed by atoms with Gasteiger partial charge in [-0.25, -0.2) is 22.2 Å². The van der Waals surface area contributed by atoms with Gasteiger partial charge in [-0.2, -0.15) is 0 Å². The summed E-state index contributed by atoms with van der Waals surface area (Å²) in [6.45, 7) is 3.80. The fourth-order valence-electron chi connectivity index (χ4n) is 4.78. The van der Waals surface area contributed by atoms with E-state index >= 15 is 4.39 Å². The number of hydrogen-bond acceptors (Lipinski definition) is 8. The van der Waals surface area contributed by atoms with E-state index in [1.807, 2.05) is 0 Å². The Hall–Kier alpha value is -3.32. The Labute approximate surface area is 238 Å². The van der Waals surface area contributed by atoms with E-state index in [1.165, 1.54) is 37.1 Å². The van der Waals surface area contributed by atoms with Crippen LogP contribution >= 0.6 is 22.9 Å². The maximum Gasteiger partial charge on any atom is 0.333 e. The molecular formula is C27H26ClFN4O5S2. The van der Waals surface area contributed by atoms with Crippen molar-refractivity contribution in [2.24, 2.45) is 0 Å². The lowest BCUT2D eigenvalue weighted by atomic mass is 10.1. The maximum atomic E-state index is 15.1. The topological polar surface area (TPSA) is 121 Å². The SMILES string of the molecule is O=C(Cc1ccc(-n2c(=O)[nH]c3cc(NCCN4CCCC4)ccc3c2=O)c(F)c1)CS(=O)(=O)c1ccc(Cl)s1. The second-order valence-electron chi connectivity index (χ2n) is 9.63. The quantitative estimate of drug-likeness (QED) is 0.284. The van der Waals surface area contributed by atoms with Gasteiger partial charge in [-0.15, -0.1) is 11.3 Å². The first-order valence-corrected chi connectivity index (χ1v) is 15.5. The van der Waals surface area contributed by atoms with Gasteiger partial charge in [0.2, 0.25) is 0 Å². The zero-order valence-corrected chi connectivity index (χ0v) is 23.7. The highest BCUT2D eigenvalue weighted by atomic mass is 35.5. The largest absolute Gasteiger partial charge is 0.384 e. The lowest BCUT2D eigenvalue weighted by molar-refractivity contribution is -0.116. The Bertz CT molecular complexity index is 1810. The van der Waals surface area contributed by atoms with Gasteiger partial charge in [0.05, 0.1) is 20.9 Å². The number of anilines is 1. The number of halogens is 2. The van der Waals surface area contributed by atoms with E-state index in [0.717, 1.165) is 49.3 Å². The van der Waals surface area contributed by atoms with Crippen molar-refractivity contribution in [3.63, 3.8) is 0 Å². The first-order chi connectivity index (χ1) is 19.1. The van der Waals surface area contributed by atoms with Gasteiger partial charge in [0, 0.05) is 25.2 Å². The minimum absolute atomic E-state index is 0.0211. The Morgan fingerprint density at radius 2 is 1.85 bits per heavy atom. The molecule has 0 amide bonds. The van der Waals surface area contributed by atoms with Gasteiger partial charge in [-0.3, -0.25) is 9.59 Å². The summed E-state index contributed by atoms with van der Waals surface area (Å²) in [5.74, 6) is -2.29. The van der Waals surface area contributed by atoms with Crippen LogP contribution in [0.25, 0.3) is 16.6 Å². The number of Topliss-reactive ketones (excluding diaryl/α,β-unsaturated/α-hetero) is 1. The van der Waals surface area contributed by atoms with Crippen LogP contribution in [0, 0.1) is 5.82 Å². The van der Waals surface area contributed by atoms with Gasteiger partial charge >= 0.3 is 5.69 Å². The number of thiophene rings is 1. The number of nitrogens with zero attached hydrogens (tertiary/aromatic N) is 2. The number of aromatic nitrogens is 2. The van der Waals surface area contributed by atoms with Gasteiger partial charge in [0.15, 0.2) is 15.6 Å². The number of ketones is 1. The average Bonchev–Trinajstić information content (AvgIpc) is 3.57. The molecule has 210 valence electrons. The van der Waals surface area contributed by atoms with Crippen LogP contribution in [0.3, 0.4) is 0 Å². The molecule has 1 aliphatic rings. The molecule has 0 unspecified atom stereocenters. The molecule has 0 spiro atoms. The number of carbonyl (C=O) groups is 1. The van der Waals surface area contributed by atoms with Gasteiger partial charge in [0.1, 0.15) is 15.8 Å². The molecule has 4 aromatic rings. The van der Waals surface area contributed by atoms with Crippen LogP contribution in [-0.2, 0) is 21.1 Å². The summed E-state index contributed by atoms with van der Waals surface area (Å²) in [5, 5.41) is 3.51. The van der Waals surface area contributed by atoms with Crippen molar-refractivity contribution in [3.8, 4) is 5.69 Å². The maximum absolute atomic E-state index is 15.1. The molecule has 0 aliphatic carbocycles. The fourth-order valence-corrected chi connectivity index (χ4v) is 7.59. The Balaban J connectivity index is 1.32. The summed E-state index contributed by atoms with van der Waals surface area (Å²) in [7, 11) is -3.87. The third-order valence-electron chi connectivity index (χ3n) is 6.71. The van der Waals surface area contributed by atoms with Crippen molar-refractivity contribution >= 4 is 55.1 Å². The highest BCUT2D eigenvalue weighted by Gasteiger charge is 2.22. The third-order valence-corrected chi connectivity index (χ3v) is 10.2. The minimum Gasteiger partial charge on any atom is -0.384 e. The summed E-state index contributed by atoms with van der Waals surface area (Å²) in [6, 6.07) is 11.4. The van der Waals surface area contributed by atoms with Gasteiger partial charge in [-0.05, 0) is 74.0 Å². The van der Waals surface area contributed by atoms with Crippen molar-refractivity contribution in [3.05, 3.63) is 85.1 Å². The molecule has 1 fully saturated rings. The predicted molar refractivity (Wildman–Crippen MR) is 154 cm³/mol. The van der Waals surface area contributed by atoms with Gasteiger partial charge in [-0.1, -0.05) is 17.7 Å². The summed E-state index contributed by atoms with van der Waals surface area (Å²) >= 11 is 6.64. The molecule has 0 atom stereocenters. The molecule has 13 heteroatoms. The molecule has 0 radical (unpaired) electrons. The van der Waals surface area contributed by atoms with Crippen molar-refractivity contribution in [2.45, 2.75) is 23.5 Å². The smallest absolute Gasteiger partial charge is 0.333 e. The van der Waals surface area contributed by atoms with Crippen molar-refractivity contribution < 1.29 is 17.6 Å². The second kappa shape index (κ2) is 11.7. The number of rotatable bonds is 10. The molecule has 0 bridgehead atoms. The third kappa shape index (κ3) is 6.20. The molecule has 1 aliphatic heterocycles. The van der Waals surface area contributed by atoms with Crippen molar-refractivity contribution in [2.75, 3.05) is 37.2 Å². The molecule has 3 heterocycles. The highest BCUT2D eigenvalue weighted by molar-refractivity contribution is 7.94. The summed E-state index contributed by atoms with van der Waals surface area (Å²) in [5.41, 5.74) is -0.489. The first-order valence-electron chi connectivity index (χ1n) is 12.6. The van der Waals surface area contributed by atoms with Crippen LogP contribution < -0.4 is 16.6 Å². The molecule has 40 heavy (non-hydrogen) atoms. The number of nitrogens with one attached hydrogen (secondary N) is 2. The zero-order chi connectivity index (χ0) is 28.4. The van der Waals surface area contributed by atoms with E-state index in [2.05, 4.69) is 15.2 Å². The highest BCUT2D eigenvalue weighted by Crippen LogP contribution is 2.26. The van der Waals surface area contributed by atoms with Gasteiger partial charge < -0.3 is 15.2 Å². The summed E-state index contributed by atoms with van der Waals surface area (Å²) in [4.78, 5) is 43.5. The Morgan fingerprint density at radius 1 is 1.07 bits per heavy atom. The normalized spacial score (nSPS) is 14.2. The first kappa shape index (κ1) is 28.2. The number of aromatic amines is 1. The van der Waals surface area contributed by atoms with E-state index < -0.39 is 38.4 Å². The van der Waals surface area contributed by atoms with E-state index in [1.54, 1.807) is 18.2 Å². The number of sulfone groups is 1. The number of carbonyl (C=O) groups excluding carboxylic acids is 1. The monoisotopic (exact) mass is 604 g/mol. The number of hydrogen-bond donors (Lipinski definition) is 2. The van der Waals surface area contributed by atoms with Gasteiger partial charge in [0.25, 0.3) is 5.56 Å². The van der Waals surface area contributed by atoms with Crippen LogP contribution in [0.2, 0.25) is 4.34 Å². The average molecular weight is 605 g/mol. The lowest BCUT2D eigenvalue weighted by Gasteiger charge is -2.15. The van der Waals surface area contributed by atoms with E-state index in [4.69, 9.17) is 11.6 Å². The summed E-state index contributed by atoms with van der Waals surface area (Å²) < 4.78 is 41.0. The standard InChI is InChI=1S/C27H26ClFN4O5S2/c28-24-7-8-25(39-24)40(37,38)16-19(34)13-17-3-6-23(21(29)14-17)33-26(35)20-5-4-18(15-22(20)31-27(33)36)30-9-12-32-10-1-2-11-32/h3-8,14-15,30H,1-2,9-13,16H2,(H,31,36). The Kier molecular flexibility index (Phi) is 8.22. The summed E-state index contributed by atoms with van der Waals surface area (Å²) in [6.07, 6.45) is 2.08. The van der Waals surface area contributed by atoms with E-state index in [0.29, 0.717) is 10.1 Å². The second-order valence-corrected chi connectivity index (χ2v) is 13.6. The molecule has 2 aromatic heterocycles. The van der Waals surface area contributed by atoms with Crippen LogP contribution in [0.5, 0.6) is 0 Å². The molecule has 1 saturated heterocycles. The fraction of sp³-hybridized carbons (Fsp3) is 0.296. The van der Waals surface area contributed by atoms with Crippen LogP contribution in [0.1, 0.15) is 18.4 Å². The molecule has 9 nitrogen and oxygen atoms in total. The number of H-pyrrole nitrogens is 1. The van der Waals surface area contributed by atoms with Crippen molar-refractivity contribution in [1.82, 2.24) is 14.5 Å². The van der Waals surface area contributed by atoms with Crippen LogP contribution in [-0.4, -0.2) is 60.6 Å². The minimum atomic E-state index is -3.87. The molecule has 2 aromatic carbocycles. The van der Waals surface area contributed by atoms with Crippen LogP contribution in [0.15, 0.2) is 62.3 Å². The molecular weight excluding hydrogens is 579 g/mol. The molecule has 0 saturated carbocycles. The van der Waals surface area contributed by atoms with E-state index in [-0.39, 0.29) is 31.6 Å². The van der Waals surface area contributed by atoms with E-state index in [9.17, 15) is 22.8 Å². The predicted octanol–water partition coefficient (Wildman–Crippen LogP) is 3.63. The molecule has 5 rings (SSSR count). The Morgan fingerprint density at radius 3 is 2.55 bits per heavy atom. The number of likely N-dealkylation sites (tertiary alicyclic amines) is 1. The zero-order valence-electron chi connectivity index (χ0n) is 21.3. The van der Waals surface area contributed by atoms with Crippen LogP contribution in [0.4, 0.5) is 10.1 Å². The number of benzene rings is 2. The number of fused-ring (bicyclic) bond motifs is 1. The van der Waals surface area contributed by atoms with Crippen molar-refractivity contribution in [1.29, 1.82) is 0 Å². The molecule has 2 N–H and O–H groups in total.